The van der Waals surface area contributed by atoms with E-state index >= 15 is 0 Å². The van der Waals surface area contributed by atoms with Crippen LogP contribution in [0.2, 0.25) is 0 Å². The van der Waals surface area contributed by atoms with Crippen LogP contribution in [0.4, 0.5) is 0 Å². The number of carbonyl (C=O) groups is 2. The van der Waals surface area contributed by atoms with Crippen molar-refractivity contribution >= 4 is 11.9 Å². The summed E-state index contributed by atoms with van der Waals surface area (Å²) in [5.74, 6) is -0.176. The molecule has 0 N–H and O–H groups in total. The SMILES string of the molecule is CCCCC/C(C(=O)OCC(C)C)=C(\CCC)C(=O)OCC(C)C. The molecule has 0 aliphatic carbocycles. The van der Waals surface area contributed by atoms with Gasteiger partial charge in [0.05, 0.1) is 13.2 Å². The number of hydrogen-bond acceptors (Lipinski definition) is 4. The minimum absolute atomic E-state index is 0.272. The zero-order valence-corrected chi connectivity index (χ0v) is 16.4. The number of hydrogen-bond donors (Lipinski definition) is 0. The van der Waals surface area contributed by atoms with Crippen LogP contribution in [0.1, 0.15) is 80.1 Å². The van der Waals surface area contributed by atoms with Gasteiger partial charge >= 0.3 is 11.9 Å². The highest BCUT2D eigenvalue weighted by Crippen LogP contribution is 2.21. The van der Waals surface area contributed by atoms with Gasteiger partial charge in [0.25, 0.3) is 0 Å². The minimum atomic E-state index is -0.362. The topological polar surface area (TPSA) is 52.6 Å². The molecule has 0 spiro atoms. The van der Waals surface area contributed by atoms with Crippen molar-refractivity contribution in [3.8, 4) is 0 Å². The first-order chi connectivity index (χ1) is 11.3. The summed E-state index contributed by atoms with van der Waals surface area (Å²) in [7, 11) is 0. The number of carbonyl (C=O) groups excluding carboxylic acids is 2. The van der Waals surface area contributed by atoms with Gasteiger partial charge in [0.15, 0.2) is 0 Å². The van der Waals surface area contributed by atoms with Gasteiger partial charge in [0.2, 0.25) is 0 Å². The maximum absolute atomic E-state index is 12.5. The molecule has 0 amide bonds. The summed E-state index contributed by atoms with van der Waals surface area (Å²) in [6.07, 6.45) is 4.90. The lowest BCUT2D eigenvalue weighted by molar-refractivity contribution is -0.143. The van der Waals surface area contributed by atoms with Gasteiger partial charge in [0, 0.05) is 11.1 Å². The molecule has 0 bridgehead atoms. The van der Waals surface area contributed by atoms with Crippen molar-refractivity contribution < 1.29 is 19.1 Å². The Morgan fingerprint density at radius 2 is 1.17 bits per heavy atom. The standard InChI is InChI=1S/C20H36O4/c1-7-9-10-12-18(20(22)24-14-16(5)6)17(11-8-2)19(21)23-13-15(3)4/h15-16H,7-14H2,1-6H3/b18-17-. The molecule has 0 heterocycles. The van der Waals surface area contributed by atoms with Crippen LogP contribution in [0, 0.1) is 11.8 Å². The Labute approximate surface area is 148 Å². The van der Waals surface area contributed by atoms with E-state index in [-0.39, 0.29) is 23.8 Å². The molecule has 0 aliphatic heterocycles. The fourth-order valence-corrected chi connectivity index (χ4v) is 2.21. The van der Waals surface area contributed by atoms with Crippen LogP contribution in [0.25, 0.3) is 0 Å². The quantitative estimate of drug-likeness (QED) is 0.283. The van der Waals surface area contributed by atoms with Gasteiger partial charge in [-0.1, -0.05) is 60.8 Å². The number of unbranched alkanes of at least 4 members (excludes halogenated alkanes) is 2. The average Bonchev–Trinajstić information content (AvgIpc) is 2.52. The number of ether oxygens (including phenoxy) is 2. The van der Waals surface area contributed by atoms with E-state index < -0.39 is 0 Å². The first kappa shape index (κ1) is 22.7. The molecule has 0 aromatic rings. The van der Waals surface area contributed by atoms with Crippen LogP contribution < -0.4 is 0 Å². The third-order valence-electron chi connectivity index (χ3n) is 3.48. The lowest BCUT2D eigenvalue weighted by Gasteiger charge is -2.16. The van der Waals surface area contributed by atoms with E-state index in [4.69, 9.17) is 9.47 Å². The molecule has 24 heavy (non-hydrogen) atoms. The van der Waals surface area contributed by atoms with Crippen LogP contribution in [-0.2, 0) is 19.1 Å². The highest BCUT2D eigenvalue weighted by Gasteiger charge is 2.23. The molecule has 0 aromatic carbocycles. The Hall–Kier alpha value is -1.32. The van der Waals surface area contributed by atoms with Crippen molar-refractivity contribution in [2.24, 2.45) is 11.8 Å². The van der Waals surface area contributed by atoms with Crippen molar-refractivity contribution in [3.63, 3.8) is 0 Å². The average molecular weight is 341 g/mol. The van der Waals surface area contributed by atoms with Crippen molar-refractivity contribution in [1.29, 1.82) is 0 Å². The van der Waals surface area contributed by atoms with Crippen LogP contribution in [0.3, 0.4) is 0 Å². The Kier molecular flexibility index (Phi) is 12.3. The fraction of sp³-hybridized carbons (Fsp3) is 0.800. The van der Waals surface area contributed by atoms with E-state index in [9.17, 15) is 9.59 Å². The zero-order valence-electron chi connectivity index (χ0n) is 16.4. The van der Waals surface area contributed by atoms with Crippen molar-refractivity contribution in [2.75, 3.05) is 13.2 Å². The molecule has 0 fully saturated rings. The Morgan fingerprint density at radius 1 is 0.708 bits per heavy atom. The summed E-state index contributed by atoms with van der Waals surface area (Å²) < 4.78 is 10.8. The second-order valence-electron chi connectivity index (χ2n) is 7.15. The van der Waals surface area contributed by atoms with Gasteiger partial charge in [-0.05, 0) is 31.1 Å². The Balaban J connectivity index is 5.34. The predicted molar refractivity (Wildman–Crippen MR) is 97.7 cm³/mol. The smallest absolute Gasteiger partial charge is 0.334 e. The van der Waals surface area contributed by atoms with Gasteiger partial charge in [-0.3, -0.25) is 0 Å². The van der Waals surface area contributed by atoms with Crippen LogP contribution in [0.5, 0.6) is 0 Å². The van der Waals surface area contributed by atoms with Crippen LogP contribution >= 0.6 is 0 Å². The first-order valence-electron chi connectivity index (χ1n) is 9.39. The van der Waals surface area contributed by atoms with Crippen LogP contribution in [0.15, 0.2) is 11.1 Å². The molecule has 0 unspecified atom stereocenters. The van der Waals surface area contributed by atoms with E-state index in [0.29, 0.717) is 37.2 Å². The molecule has 0 aromatic heterocycles. The molecule has 0 radical (unpaired) electrons. The van der Waals surface area contributed by atoms with Gasteiger partial charge in [-0.2, -0.15) is 0 Å². The summed E-state index contributed by atoms with van der Waals surface area (Å²) in [6.45, 7) is 12.8. The molecule has 0 saturated heterocycles. The van der Waals surface area contributed by atoms with E-state index in [1.54, 1.807) is 0 Å². The molecule has 0 saturated carbocycles. The van der Waals surface area contributed by atoms with Crippen molar-refractivity contribution in [3.05, 3.63) is 11.1 Å². The van der Waals surface area contributed by atoms with Gasteiger partial charge in [-0.15, -0.1) is 0 Å². The second kappa shape index (κ2) is 13.0. The molecule has 0 rings (SSSR count). The number of rotatable bonds is 12. The first-order valence-corrected chi connectivity index (χ1v) is 9.39. The lowest BCUT2D eigenvalue weighted by atomic mass is 9.98. The summed E-state index contributed by atoms with van der Waals surface area (Å²) in [5, 5.41) is 0. The van der Waals surface area contributed by atoms with Gasteiger partial charge < -0.3 is 9.47 Å². The van der Waals surface area contributed by atoms with E-state index in [1.807, 2.05) is 34.6 Å². The van der Waals surface area contributed by atoms with Crippen molar-refractivity contribution in [2.45, 2.75) is 80.1 Å². The maximum atomic E-state index is 12.5. The lowest BCUT2D eigenvalue weighted by Crippen LogP contribution is -2.19. The fourth-order valence-electron chi connectivity index (χ4n) is 2.21. The molecular weight excluding hydrogens is 304 g/mol. The summed E-state index contributed by atoms with van der Waals surface area (Å²) in [4.78, 5) is 25.0. The Bertz CT molecular complexity index is 408. The summed E-state index contributed by atoms with van der Waals surface area (Å²) >= 11 is 0. The largest absolute Gasteiger partial charge is 0.462 e. The Morgan fingerprint density at radius 3 is 1.54 bits per heavy atom. The minimum Gasteiger partial charge on any atom is -0.462 e. The number of esters is 2. The molecule has 4 nitrogen and oxygen atoms in total. The highest BCUT2D eigenvalue weighted by molar-refractivity contribution is 6.00. The van der Waals surface area contributed by atoms with E-state index in [1.165, 1.54) is 0 Å². The molecule has 0 atom stereocenters. The highest BCUT2D eigenvalue weighted by atomic mass is 16.5. The van der Waals surface area contributed by atoms with E-state index in [0.717, 1.165) is 25.7 Å². The summed E-state index contributed by atoms with van der Waals surface area (Å²) in [5.41, 5.74) is 1.02. The van der Waals surface area contributed by atoms with Crippen molar-refractivity contribution in [1.82, 2.24) is 0 Å². The third kappa shape index (κ3) is 9.74. The maximum Gasteiger partial charge on any atom is 0.334 e. The monoisotopic (exact) mass is 340 g/mol. The van der Waals surface area contributed by atoms with E-state index in [2.05, 4.69) is 6.92 Å². The molecule has 0 aliphatic rings. The van der Waals surface area contributed by atoms with Gasteiger partial charge in [-0.25, -0.2) is 9.59 Å². The van der Waals surface area contributed by atoms with Crippen LogP contribution in [-0.4, -0.2) is 25.2 Å². The molecule has 140 valence electrons. The third-order valence-corrected chi connectivity index (χ3v) is 3.48. The normalized spacial score (nSPS) is 12.3. The summed E-state index contributed by atoms with van der Waals surface area (Å²) in [6, 6.07) is 0. The zero-order chi connectivity index (χ0) is 18.5. The van der Waals surface area contributed by atoms with Gasteiger partial charge in [0.1, 0.15) is 0 Å². The molecule has 4 heteroatoms. The molecular formula is C20H36O4. The second-order valence-corrected chi connectivity index (χ2v) is 7.15. The predicted octanol–water partition coefficient (Wildman–Crippen LogP) is 5.06.